The molecule has 3 fully saturated rings. The number of amides is 2. The highest BCUT2D eigenvalue weighted by Gasteiger charge is 2.34. The van der Waals surface area contributed by atoms with Crippen molar-refractivity contribution in [2.75, 3.05) is 39.4 Å². The van der Waals surface area contributed by atoms with E-state index in [-0.39, 0.29) is 11.8 Å². The number of aromatic nitrogens is 2. The molecule has 0 aromatic carbocycles. The van der Waals surface area contributed by atoms with Crippen LogP contribution in [0.4, 0.5) is 0 Å². The van der Waals surface area contributed by atoms with Gasteiger partial charge in [0.2, 0.25) is 5.91 Å². The van der Waals surface area contributed by atoms with Gasteiger partial charge in [-0.05, 0) is 57.3 Å². The van der Waals surface area contributed by atoms with Gasteiger partial charge in [-0.15, -0.1) is 0 Å². The van der Waals surface area contributed by atoms with Crippen molar-refractivity contribution in [3.05, 3.63) is 17.7 Å². The van der Waals surface area contributed by atoms with Crippen molar-refractivity contribution in [1.82, 2.24) is 19.8 Å². The number of hydrogen-bond acceptors (Lipinski definition) is 4. The van der Waals surface area contributed by atoms with Gasteiger partial charge < -0.3 is 19.5 Å². The Morgan fingerprint density at radius 2 is 1.54 bits per heavy atom. The molecular weight excluding hydrogens is 356 g/mol. The van der Waals surface area contributed by atoms with Crippen LogP contribution in [-0.2, 0) is 9.53 Å². The van der Waals surface area contributed by atoms with E-state index in [1.54, 1.807) is 6.20 Å². The largest absolute Gasteiger partial charge is 0.381 e. The molecular formula is C21H32N4O3. The molecule has 0 spiro atoms. The summed E-state index contributed by atoms with van der Waals surface area (Å²) in [6, 6.07) is 0. The third-order valence-electron chi connectivity index (χ3n) is 6.85. The summed E-state index contributed by atoms with van der Waals surface area (Å²) < 4.78 is 5.38. The molecule has 4 heterocycles. The summed E-state index contributed by atoms with van der Waals surface area (Å²) in [5.74, 6) is 2.72. The summed E-state index contributed by atoms with van der Waals surface area (Å²) in [6.07, 6.45) is 7.73. The number of carbonyl (C=O) groups is 2. The van der Waals surface area contributed by atoms with Gasteiger partial charge in [0, 0.05) is 45.3 Å². The lowest BCUT2D eigenvalue weighted by atomic mass is 9.78. The number of rotatable bonds is 3. The lowest BCUT2D eigenvalue weighted by Crippen LogP contribution is -2.46. The van der Waals surface area contributed by atoms with Crippen LogP contribution < -0.4 is 0 Å². The van der Waals surface area contributed by atoms with Crippen molar-refractivity contribution in [1.29, 1.82) is 0 Å². The van der Waals surface area contributed by atoms with Crippen molar-refractivity contribution in [3.63, 3.8) is 0 Å². The fourth-order valence-electron chi connectivity index (χ4n) is 5.07. The summed E-state index contributed by atoms with van der Waals surface area (Å²) in [7, 11) is 0. The Kier molecular flexibility index (Phi) is 5.99. The molecule has 1 N–H and O–H groups in total. The Morgan fingerprint density at radius 3 is 2.07 bits per heavy atom. The quantitative estimate of drug-likeness (QED) is 0.861. The van der Waals surface area contributed by atoms with Crippen LogP contribution >= 0.6 is 0 Å². The van der Waals surface area contributed by atoms with E-state index in [4.69, 9.17) is 4.74 Å². The molecule has 4 rings (SSSR count). The standard InChI is InChI=1S/C21H32N4O3/c1-15-22-14-19(23-15)21(27)25-10-4-17(5-11-25)16-2-8-24(9-3-16)20(26)18-6-12-28-13-7-18/h14,16-18H,2-13H2,1H3,(H,22,23). The average molecular weight is 389 g/mol. The molecule has 154 valence electrons. The monoisotopic (exact) mass is 388 g/mol. The van der Waals surface area contributed by atoms with Crippen LogP contribution in [0.1, 0.15) is 54.8 Å². The van der Waals surface area contributed by atoms with Crippen molar-refractivity contribution in [3.8, 4) is 0 Å². The summed E-state index contributed by atoms with van der Waals surface area (Å²) >= 11 is 0. The predicted octanol–water partition coefficient (Wildman–Crippen LogP) is 2.24. The van der Waals surface area contributed by atoms with E-state index in [1.165, 1.54) is 0 Å². The van der Waals surface area contributed by atoms with Crippen LogP contribution in [0.2, 0.25) is 0 Å². The van der Waals surface area contributed by atoms with E-state index >= 15 is 0 Å². The van der Waals surface area contributed by atoms with E-state index in [1.807, 2.05) is 11.8 Å². The topological polar surface area (TPSA) is 78.5 Å². The van der Waals surface area contributed by atoms with Gasteiger partial charge in [0.15, 0.2) is 0 Å². The second kappa shape index (κ2) is 8.64. The smallest absolute Gasteiger partial charge is 0.271 e. The van der Waals surface area contributed by atoms with Gasteiger partial charge in [-0.1, -0.05) is 0 Å². The average Bonchev–Trinajstić information content (AvgIpc) is 3.20. The first-order valence-electron chi connectivity index (χ1n) is 10.8. The van der Waals surface area contributed by atoms with Crippen molar-refractivity contribution < 1.29 is 14.3 Å². The number of likely N-dealkylation sites (tertiary alicyclic amines) is 2. The zero-order valence-corrected chi connectivity index (χ0v) is 16.9. The van der Waals surface area contributed by atoms with E-state index in [0.29, 0.717) is 23.4 Å². The molecule has 0 bridgehead atoms. The first-order valence-corrected chi connectivity index (χ1v) is 10.8. The number of hydrogen-bond donors (Lipinski definition) is 1. The molecule has 0 unspecified atom stereocenters. The first-order chi connectivity index (χ1) is 13.6. The normalized spacial score (nSPS) is 23.2. The Hall–Kier alpha value is -1.89. The maximum absolute atomic E-state index is 12.7. The van der Waals surface area contributed by atoms with E-state index in [9.17, 15) is 9.59 Å². The summed E-state index contributed by atoms with van der Waals surface area (Å²) in [5.41, 5.74) is 0.593. The maximum atomic E-state index is 12.7. The zero-order valence-electron chi connectivity index (χ0n) is 16.9. The molecule has 0 aliphatic carbocycles. The number of piperidine rings is 2. The second-order valence-electron chi connectivity index (χ2n) is 8.56. The highest BCUT2D eigenvalue weighted by atomic mass is 16.5. The molecule has 7 heteroatoms. The predicted molar refractivity (Wildman–Crippen MR) is 105 cm³/mol. The molecule has 0 saturated carbocycles. The molecule has 3 aliphatic rings. The van der Waals surface area contributed by atoms with Crippen LogP contribution in [0.15, 0.2) is 6.20 Å². The number of imidazole rings is 1. The molecule has 1 aromatic heterocycles. The van der Waals surface area contributed by atoms with Gasteiger partial charge in [0.05, 0.1) is 6.20 Å². The van der Waals surface area contributed by atoms with Gasteiger partial charge in [0.1, 0.15) is 11.5 Å². The highest BCUT2D eigenvalue weighted by molar-refractivity contribution is 5.92. The number of carbonyl (C=O) groups excluding carboxylic acids is 2. The zero-order chi connectivity index (χ0) is 19.5. The molecule has 1 aromatic rings. The number of ether oxygens (including phenoxy) is 1. The first kappa shape index (κ1) is 19.4. The number of aromatic amines is 1. The molecule has 7 nitrogen and oxygen atoms in total. The molecule has 2 amide bonds. The second-order valence-corrected chi connectivity index (χ2v) is 8.56. The summed E-state index contributed by atoms with van der Waals surface area (Å²) in [6.45, 7) is 6.75. The minimum absolute atomic E-state index is 0.0657. The van der Waals surface area contributed by atoms with Gasteiger partial charge in [-0.2, -0.15) is 0 Å². The van der Waals surface area contributed by atoms with Crippen LogP contribution in [0.25, 0.3) is 0 Å². The maximum Gasteiger partial charge on any atom is 0.271 e. The fraction of sp³-hybridized carbons (Fsp3) is 0.762. The summed E-state index contributed by atoms with van der Waals surface area (Å²) in [4.78, 5) is 36.5. The van der Waals surface area contributed by atoms with Crippen LogP contribution in [0, 0.1) is 24.7 Å². The van der Waals surface area contributed by atoms with Gasteiger partial charge in [0.25, 0.3) is 5.91 Å². The minimum Gasteiger partial charge on any atom is -0.381 e. The fourth-order valence-corrected chi connectivity index (χ4v) is 5.07. The van der Waals surface area contributed by atoms with Gasteiger partial charge in [-0.3, -0.25) is 9.59 Å². The Balaban J connectivity index is 1.23. The van der Waals surface area contributed by atoms with E-state index in [0.717, 1.165) is 83.7 Å². The Morgan fingerprint density at radius 1 is 0.964 bits per heavy atom. The number of H-pyrrole nitrogens is 1. The van der Waals surface area contributed by atoms with Gasteiger partial charge >= 0.3 is 0 Å². The molecule has 0 radical (unpaired) electrons. The Bertz CT molecular complexity index is 682. The third-order valence-corrected chi connectivity index (χ3v) is 6.85. The number of nitrogens with one attached hydrogen (secondary N) is 1. The van der Waals surface area contributed by atoms with Crippen molar-refractivity contribution in [2.24, 2.45) is 17.8 Å². The summed E-state index contributed by atoms with van der Waals surface area (Å²) in [5, 5.41) is 0. The lowest BCUT2D eigenvalue weighted by molar-refractivity contribution is -0.140. The van der Waals surface area contributed by atoms with Crippen molar-refractivity contribution >= 4 is 11.8 Å². The number of aryl methyl sites for hydroxylation is 1. The van der Waals surface area contributed by atoms with Crippen molar-refractivity contribution in [2.45, 2.75) is 45.4 Å². The minimum atomic E-state index is 0.0657. The lowest BCUT2D eigenvalue weighted by Gasteiger charge is -2.41. The highest BCUT2D eigenvalue weighted by Crippen LogP contribution is 2.33. The van der Waals surface area contributed by atoms with Gasteiger partial charge in [-0.25, -0.2) is 4.98 Å². The molecule has 3 aliphatic heterocycles. The van der Waals surface area contributed by atoms with Crippen LogP contribution in [0.3, 0.4) is 0 Å². The molecule has 28 heavy (non-hydrogen) atoms. The molecule has 3 saturated heterocycles. The SMILES string of the molecule is Cc1ncc(C(=O)N2CCC(C3CCN(C(=O)C4CCOCC4)CC3)CC2)[nH]1. The molecule has 0 atom stereocenters. The van der Waals surface area contributed by atoms with Crippen LogP contribution in [0.5, 0.6) is 0 Å². The van der Waals surface area contributed by atoms with E-state index < -0.39 is 0 Å². The third kappa shape index (κ3) is 4.24. The van der Waals surface area contributed by atoms with E-state index in [2.05, 4.69) is 14.9 Å². The van der Waals surface area contributed by atoms with Crippen LogP contribution in [-0.4, -0.2) is 71.0 Å². The number of nitrogens with zero attached hydrogens (tertiary/aromatic N) is 3. The Labute approximate surface area is 166 Å².